The molecule has 0 aromatic carbocycles. The summed E-state index contributed by atoms with van der Waals surface area (Å²) in [6.45, 7) is 2.78. The van der Waals surface area contributed by atoms with Crippen molar-refractivity contribution in [1.29, 1.82) is 0 Å². The van der Waals surface area contributed by atoms with Crippen molar-refractivity contribution in [3.05, 3.63) is 0 Å². The van der Waals surface area contributed by atoms with Crippen LogP contribution < -0.4 is 5.32 Å². The van der Waals surface area contributed by atoms with E-state index >= 15 is 0 Å². The Kier molecular flexibility index (Phi) is 3.54. The molecular weight excluding hydrogens is 220 g/mol. The number of likely N-dealkylation sites (tertiary alicyclic amines) is 1. The van der Waals surface area contributed by atoms with Crippen molar-refractivity contribution in [1.82, 2.24) is 10.2 Å². The first-order valence-electron chi connectivity index (χ1n) is 6.36. The molecule has 2 fully saturated rings. The molecule has 2 atom stereocenters. The van der Waals surface area contributed by atoms with E-state index < -0.39 is 11.9 Å². The van der Waals surface area contributed by atoms with E-state index in [1.54, 1.807) is 4.90 Å². The minimum absolute atomic E-state index is 0.0434. The van der Waals surface area contributed by atoms with Gasteiger partial charge in [-0.2, -0.15) is 0 Å². The lowest BCUT2D eigenvalue weighted by molar-refractivity contribution is -0.142. The van der Waals surface area contributed by atoms with Crippen molar-refractivity contribution in [2.75, 3.05) is 13.1 Å². The van der Waals surface area contributed by atoms with Crippen LogP contribution in [0.4, 0.5) is 4.79 Å². The Morgan fingerprint density at radius 1 is 1.24 bits per heavy atom. The second kappa shape index (κ2) is 4.94. The van der Waals surface area contributed by atoms with Crippen LogP contribution in [-0.4, -0.2) is 41.1 Å². The first-order chi connectivity index (χ1) is 8.08. The van der Waals surface area contributed by atoms with Crippen molar-refractivity contribution in [2.24, 2.45) is 11.8 Å². The molecule has 0 unspecified atom stereocenters. The number of hydrogen-bond acceptors (Lipinski definition) is 2. The average molecular weight is 240 g/mol. The third-order valence-electron chi connectivity index (χ3n) is 3.90. The Hall–Kier alpha value is -1.26. The van der Waals surface area contributed by atoms with Crippen LogP contribution in [0.3, 0.4) is 0 Å². The molecule has 17 heavy (non-hydrogen) atoms. The van der Waals surface area contributed by atoms with E-state index in [9.17, 15) is 9.59 Å². The zero-order chi connectivity index (χ0) is 12.4. The van der Waals surface area contributed by atoms with Crippen LogP contribution >= 0.6 is 0 Å². The van der Waals surface area contributed by atoms with Gasteiger partial charge in [0, 0.05) is 19.1 Å². The second-order valence-electron chi connectivity index (χ2n) is 5.26. The standard InChI is InChI=1S/C12H20N2O3/c1-8-6-14(7-10(8)11(15)16)12(17)13-9-4-2-3-5-9/h8-10H,2-7H2,1H3,(H,13,17)(H,15,16)/t8-,10-/m1/s1. The molecule has 1 aliphatic heterocycles. The lowest BCUT2D eigenvalue weighted by atomic mass is 9.99. The molecule has 0 radical (unpaired) electrons. The largest absolute Gasteiger partial charge is 0.481 e. The van der Waals surface area contributed by atoms with Crippen LogP contribution in [0.1, 0.15) is 32.6 Å². The summed E-state index contributed by atoms with van der Waals surface area (Å²) in [5.41, 5.74) is 0. The molecule has 5 heteroatoms. The number of carboxylic acids is 1. The average Bonchev–Trinajstić information content (AvgIpc) is 2.86. The molecular formula is C12H20N2O3. The normalized spacial score (nSPS) is 29.6. The highest BCUT2D eigenvalue weighted by atomic mass is 16.4. The maximum atomic E-state index is 11.9. The highest BCUT2D eigenvalue weighted by molar-refractivity contribution is 5.77. The van der Waals surface area contributed by atoms with Crippen molar-refractivity contribution in [2.45, 2.75) is 38.6 Å². The van der Waals surface area contributed by atoms with E-state index in [0.29, 0.717) is 19.1 Å². The number of urea groups is 1. The molecule has 96 valence electrons. The summed E-state index contributed by atoms with van der Waals surface area (Å²) in [7, 11) is 0. The predicted octanol–water partition coefficient (Wildman–Crippen LogP) is 1.29. The lowest BCUT2D eigenvalue weighted by Gasteiger charge is -2.20. The fourth-order valence-electron chi connectivity index (χ4n) is 2.79. The number of amides is 2. The van der Waals surface area contributed by atoms with Crippen LogP contribution in [0.2, 0.25) is 0 Å². The van der Waals surface area contributed by atoms with E-state index in [2.05, 4.69) is 5.32 Å². The highest BCUT2D eigenvalue weighted by Gasteiger charge is 2.37. The van der Waals surface area contributed by atoms with E-state index in [1.165, 1.54) is 12.8 Å². The van der Waals surface area contributed by atoms with Gasteiger partial charge in [0.15, 0.2) is 0 Å². The van der Waals surface area contributed by atoms with Crippen molar-refractivity contribution in [3.8, 4) is 0 Å². The van der Waals surface area contributed by atoms with Crippen molar-refractivity contribution < 1.29 is 14.7 Å². The Morgan fingerprint density at radius 2 is 1.88 bits per heavy atom. The molecule has 2 aliphatic rings. The molecule has 2 amide bonds. The second-order valence-corrected chi connectivity index (χ2v) is 5.26. The number of nitrogens with one attached hydrogen (secondary N) is 1. The Labute approximate surface area is 101 Å². The van der Waals surface area contributed by atoms with Gasteiger partial charge in [-0.15, -0.1) is 0 Å². The van der Waals surface area contributed by atoms with E-state index in [0.717, 1.165) is 12.8 Å². The maximum absolute atomic E-state index is 11.9. The Bertz CT molecular complexity index is 313. The number of carbonyl (C=O) groups is 2. The van der Waals surface area contributed by atoms with Gasteiger partial charge >= 0.3 is 12.0 Å². The number of carboxylic acid groups (broad SMARTS) is 1. The van der Waals surface area contributed by atoms with E-state index in [4.69, 9.17) is 5.11 Å². The molecule has 2 rings (SSSR count). The zero-order valence-electron chi connectivity index (χ0n) is 10.2. The first-order valence-corrected chi connectivity index (χ1v) is 6.36. The van der Waals surface area contributed by atoms with E-state index in [-0.39, 0.29) is 11.9 Å². The Morgan fingerprint density at radius 3 is 2.41 bits per heavy atom. The maximum Gasteiger partial charge on any atom is 0.317 e. The van der Waals surface area contributed by atoms with Gasteiger partial charge in [0.1, 0.15) is 0 Å². The predicted molar refractivity (Wildman–Crippen MR) is 62.7 cm³/mol. The van der Waals surface area contributed by atoms with Crippen LogP contribution in [0.5, 0.6) is 0 Å². The molecule has 0 bridgehead atoms. The summed E-state index contributed by atoms with van der Waals surface area (Å²) in [5, 5.41) is 12.0. The third-order valence-corrected chi connectivity index (χ3v) is 3.90. The molecule has 1 saturated heterocycles. The molecule has 1 saturated carbocycles. The monoisotopic (exact) mass is 240 g/mol. The molecule has 1 aliphatic carbocycles. The lowest BCUT2D eigenvalue weighted by Crippen LogP contribution is -2.43. The van der Waals surface area contributed by atoms with E-state index in [1.807, 2.05) is 6.92 Å². The van der Waals surface area contributed by atoms with Gasteiger partial charge in [0.25, 0.3) is 0 Å². The molecule has 0 aromatic heterocycles. The third kappa shape index (κ3) is 2.70. The van der Waals surface area contributed by atoms with Gasteiger partial charge in [-0.3, -0.25) is 4.79 Å². The van der Waals surface area contributed by atoms with Crippen LogP contribution in [0.15, 0.2) is 0 Å². The summed E-state index contributed by atoms with van der Waals surface area (Å²) >= 11 is 0. The van der Waals surface area contributed by atoms with Crippen LogP contribution in [-0.2, 0) is 4.79 Å². The summed E-state index contributed by atoms with van der Waals surface area (Å²) in [6, 6.07) is 0.203. The summed E-state index contributed by atoms with van der Waals surface area (Å²) in [5.74, 6) is -1.17. The fraction of sp³-hybridized carbons (Fsp3) is 0.833. The highest BCUT2D eigenvalue weighted by Crippen LogP contribution is 2.24. The minimum Gasteiger partial charge on any atom is -0.481 e. The van der Waals surface area contributed by atoms with Gasteiger partial charge in [0.2, 0.25) is 0 Å². The number of hydrogen-bond donors (Lipinski definition) is 2. The summed E-state index contributed by atoms with van der Waals surface area (Å²) in [4.78, 5) is 24.5. The van der Waals surface area contributed by atoms with Gasteiger partial charge in [-0.05, 0) is 18.8 Å². The van der Waals surface area contributed by atoms with Crippen molar-refractivity contribution >= 4 is 12.0 Å². The molecule has 0 spiro atoms. The van der Waals surface area contributed by atoms with Gasteiger partial charge in [0.05, 0.1) is 5.92 Å². The molecule has 5 nitrogen and oxygen atoms in total. The summed E-state index contributed by atoms with van der Waals surface area (Å²) in [6.07, 6.45) is 4.47. The number of carbonyl (C=O) groups excluding carboxylic acids is 1. The van der Waals surface area contributed by atoms with Gasteiger partial charge in [-0.25, -0.2) is 4.79 Å². The quantitative estimate of drug-likeness (QED) is 0.764. The topological polar surface area (TPSA) is 69.6 Å². The molecule has 2 N–H and O–H groups in total. The fourth-order valence-corrected chi connectivity index (χ4v) is 2.79. The number of rotatable bonds is 2. The number of nitrogens with zero attached hydrogens (tertiary/aromatic N) is 1. The summed E-state index contributed by atoms with van der Waals surface area (Å²) < 4.78 is 0. The van der Waals surface area contributed by atoms with Gasteiger partial charge in [-0.1, -0.05) is 19.8 Å². The first kappa shape index (κ1) is 12.2. The molecule has 0 aromatic rings. The minimum atomic E-state index is -0.798. The van der Waals surface area contributed by atoms with Crippen molar-refractivity contribution in [3.63, 3.8) is 0 Å². The van der Waals surface area contributed by atoms with Gasteiger partial charge < -0.3 is 15.3 Å². The van der Waals surface area contributed by atoms with Crippen LogP contribution in [0, 0.1) is 11.8 Å². The smallest absolute Gasteiger partial charge is 0.317 e. The SMILES string of the molecule is C[C@@H]1CN(C(=O)NC2CCCC2)C[C@H]1C(=O)O. The van der Waals surface area contributed by atoms with Crippen LogP contribution in [0.25, 0.3) is 0 Å². The zero-order valence-corrected chi connectivity index (χ0v) is 10.2. The number of aliphatic carboxylic acids is 1. The Balaban J connectivity index is 1.86. The molecule has 1 heterocycles.